The molecule has 0 heterocycles. The highest BCUT2D eigenvalue weighted by Crippen LogP contribution is 2.14. The fourth-order valence-electron chi connectivity index (χ4n) is 2.05. The van der Waals surface area contributed by atoms with Gasteiger partial charge in [-0.1, -0.05) is 19.4 Å². The molecule has 1 rings (SSSR count). The maximum absolute atomic E-state index is 12.3. The molecule has 0 atom stereocenters. The molecule has 0 unspecified atom stereocenters. The summed E-state index contributed by atoms with van der Waals surface area (Å²) in [6, 6.07) is 4.92. The maximum atomic E-state index is 12.3. The van der Waals surface area contributed by atoms with Gasteiger partial charge in [-0.2, -0.15) is 0 Å². The van der Waals surface area contributed by atoms with Crippen molar-refractivity contribution in [1.82, 2.24) is 9.03 Å². The third kappa shape index (κ3) is 6.21. The number of unbranched alkanes of at least 4 members (excludes halogenated alkanes) is 1. The predicted molar refractivity (Wildman–Crippen MR) is 92.4 cm³/mol. The zero-order valence-corrected chi connectivity index (χ0v) is 15.8. The van der Waals surface area contributed by atoms with E-state index in [9.17, 15) is 16.8 Å². The normalized spacial score (nSPS) is 12.7. The Labute approximate surface area is 140 Å². The van der Waals surface area contributed by atoms with Crippen molar-refractivity contribution in [2.24, 2.45) is 0 Å². The van der Waals surface area contributed by atoms with E-state index in [0.29, 0.717) is 6.54 Å². The molecule has 23 heavy (non-hydrogen) atoms. The van der Waals surface area contributed by atoms with E-state index in [-0.39, 0.29) is 18.0 Å². The van der Waals surface area contributed by atoms with Crippen LogP contribution in [0.4, 0.5) is 0 Å². The van der Waals surface area contributed by atoms with Crippen LogP contribution in [-0.2, 0) is 20.0 Å². The van der Waals surface area contributed by atoms with Gasteiger partial charge in [0, 0.05) is 19.6 Å². The number of sulfonamides is 2. The van der Waals surface area contributed by atoms with Crippen LogP contribution in [0, 0.1) is 13.8 Å². The summed E-state index contributed by atoms with van der Waals surface area (Å²) in [6.45, 7) is 6.32. The summed E-state index contributed by atoms with van der Waals surface area (Å²) in [5, 5.41) is 0. The summed E-state index contributed by atoms with van der Waals surface area (Å²) in [6.07, 6.45) is 2.76. The molecule has 0 saturated carbocycles. The van der Waals surface area contributed by atoms with Crippen molar-refractivity contribution in [3.05, 3.63) is 29.3 Å². The standard InChI is InChI=1S/C15H26N2O4S2/c1-5-6-10-17(22(4,18)19)11-9-16-23(20,21)15-8-7-13(2)14(3)12-15/h7-8,12,16H,5-6,9-11H2,1-4H3. The number of benzene rings is 1. The second-order valence-corrected chi connectivity index (χ2v) is 9.41. The van der Waals surface area contributed by atoms with Gasteiger partial charge in [-0.05, 0) is 43.5 Å². The van der Waals surface area contributed by atoms with Crippen LogP contribution in [0.15, 0.2) is 23.1 Å². The van der Waals surface area contributed by atoms with Gasteiger partial charge in [-0.15, -0.1) is 0 Å². The number of nitrogens with zero attached hydrogens (tertiary/aromatic N) is 1. The van der Waals surface area contributed by atoms with E-state index >= 15 is 0 Å². The van der Waals surface area contributed by atoms with Crippen molar-refractivity contribution in [2.75, 3.05) is 25.9 Å². The van der Waals surface area contributed by atoms with E-state index in [1.807, 2.05) is 20.8 Å². The molecule has 132 valence electrons. The Balaban J connectivity index is 2.73. The molecule has 0 fully saturated rings. The summed E-state index contributed by atoms with van der Waals surface area (Å²) in [5.74, 6) is 0. The van der Waals surface area contributed by atoms with E-state index in [1.165, 1.54) is 4.31 Å². The monoisotopic (exact) mass is 362 g/mol. The minimum Gasteiger partial charge on any atom is -0.213 e. The van der Waals surface area contributed by atoms with Crippen molar-refractivity contribution in [3.8, 4) is 0 Å². The van der Waals surface area contributed by atoms with Gasteiger partial charge in [0.2, 0.25) is 20.0 Å². The lowest BCUT2D eigenvalue weighted by atomic mass is 10.1. The predicted octanol–water partition coefficient (Wildman–Crippen LogP) is 1.64. The Hall–Kier alpha value is -0.960. The quantitative estimate of drug-likeness (QED) is 0.724. The van der Waals surface area contributed by atoms with Crippen LogP contribution < -0.4 is 4.72 Å². The van der Waals surface area contributed by atoms with Crippen LogP contribution in [-0.4, -0.2) is 47.0 Å². The van der Waals surface area contributed by atoms with Crippen molar-refractivity contribution in [2.45, 2.75) is 38.5 Å². The topological polar surface area (TPSA) is 83.6 Å². The highest BCUT2D eigenvalue weighted by Gasteiger charge is 2.18. The Bertz CT molecular complexity index is 728. The van der Waals surface area contributed by atoms with Gasteiger partial charge in [0.1, 0.15) is 0 Å². The summed E-state index contributed by atoms with van der Waals surface area (Å²) in [7, 11) is -6.97. The first kappa shape index (κ1) is 20.1. The van der Waals surface area contributed by atoms with Gasteiger partial charge in [0.05, 0.1) is 11.2 Å². The second-order valence-electron chi connectivity index (χ2n) is 5.66. The van der Waals surface area contributed by atoms with E-state index in [1.54, 1.807) is 18.2 Å². The van der Waals surface area contributed by atoms with E-state index < -0.39 is 20.0 Å². The van der Waals surface area contributed by atoms with Gasteiger partial charge in [0.25, 0.3) is 0 Å². The van der Waals surface area contributed by atoms with Crippen LogP contribution >= 0.6 is 0 Å². The zero-order chi connectivity index (χ0) is 17.7. The highest BCUT2D eigenvalue weighted by molar-refractivity contribution is 7.89. The average molecular weight is 363 g/mol. The van der Waals surface area contributed by atoms with Crippen molar-refractivity contribution < 1.29 is 16.8 Å². The molecule has 0 aromatic heterocycles. The van der Waals surface area contributed by atoms with Crippen LogP contribution in [0.2, 0.25) is 0 Å². The molecule has 8 heteroatoms. The van der Waals surface area contributed by atoms with Crippen LogP contribution in [0.1, 0.15) is 30.9 Å². The summed E-state index contributed by atoms with van der Waals surface area (Å²) in [4.78, 5) is 0.195. The lowest BCUT2D eigenvalue weighted by Crippen LogP contribution is -2.38. The first-order valence-electron chi connectivity index (χ1n) is 7.60. The van der Waals surface area contributed by atoms with Gasteiger partial charge in [0.15, 0.2) is 0 Å². The van der Waals surface area contributed by atoms with Gasteiger partial charge in [-0.3, -0.25) is 0 Å². The number of hydrogen-bond acceptors (Lipinski definition) is 4. The number of rotatable bonds is 9. The van der Waals surface area contributed by atoms with Gasteiger partial charge in [-0.25, -0.2) is 25.9 Å². The Morgan fingerprint density at radius 3 is 2.22 bits per heavy atom. The van der Waals surface area contributed by atoms with Gasteiger partial charge >= 0.3 is 0 Å². The average Bonchev–Trinajstić information content (AvgIpc) is 2.44. The Morgan fingerprint density at radius 1 is 1.04 bits per heavy atom. The third-order valence-corrected chi connectivity index (χ3v) is 6.43. The molecule has 1 N–H and O–H groups in total. The molecule has 0 aliphatic carbocycles. The molecule has 0 saturated heterocycles. The molecule has 1 aromatic carbocycles. The van der Waals surface area contributed by atoms with Crippen molar-refractivity contribution >= 4 is 20.0 Å². The first-order valence-corrected chi connectivity index (χ1v) is 10.9. The van der Waals surface area contributed by atoms with Crippen molar-refractivity contribution in [1.29, 1.82) is 0 Å². The molecular weight excluding hydrogens is 336 g/mol. The minimum absolute atomic E-state index is 0.0477. The van der Waals surface area contributed by atoms with E-state index in [0.717, 1.165) is 30.2 Å². The largest absolute Gasteiger partial charge is 0.240 e. The molecule has 0 bridgehead atoms. The highest BCUT2D eigenvalue weighted by atomic mass is 32.2. The van der Waals surface area contributed by atoms with Crippen molar-refractivity contribution in [3.63, 3.8) is 0 Å². The maximum Gasteiger partial charge on any atom is 0.240 e. The van der Waals surface area contributed by atoms with E-state index in [4.69, 9.17) is 0 Å². The Kier molecular flexibility index (Phi) is 7.19. The first-order chi connectivity index (χ1) is 10.6. The molecule has 1 aromatic rings. The SMILES string of the molecule is CCCCN(CCNS(=O)(=O)c1ccc(C)c(C)c1)S(C)(=O)=O. The third-order valence-electron chi connectivity index (χ3n) is 3.67. The van der Waals surface area contributed by atoms with E-state index in [2.05, 4.69) is 4.72 Å². The molecule has 6 nitrogen and oxygen atoms in total. The Morgan fingerprint density at radius 2 is 1.70 bits per heavy atom. The lowest BCUT2D eigenvalue weighted by Gasteiger charge is -2.19. The number of aryl methyl sites for hydroxylation is 2. The summed E-state index contributed by atoms with van der Waals surface area (Å²) >= 11 is 0. The molecule has 0 aliphatic rings. The lowest BCUT2D eigenvalue weighted by molar-refractivity contribution is 0.408. The minimum atomic E-state index is -3.63. The summed E-state index contributed by atoms with van der Waals surface area (Å²) in [5.41, 5.74) is 1.92. The molecule has 0 radical (unpaired) electrons. The van der Waals surface area contributed by atoms with Gasteiger partial charge < -0.3 is 0 Å². The molecule has 0 amide bonds. The summed E-state index contributed by atoms with van der Waals surface area (Å²) < 4.78 is 51.7. The van der Waals surface area contributed by atoms with Crippen LogP contribution in [0.5, 0.6) is 0 Å². The molecule has 0 aliphatic heterocycles. The zero-order valence-electron chi connectivity index (χ0n) is 14.2. The smallest absolute Gasteiger partial charge is 0.213 e. The van der Waals surface area contributed by atoms with Crippen LogP contribution in [0.25, 0.3) is 0 Å². The second kappa shape index (κ2) is 8.23. The molecule has 0 spiro atoms. The number of nitrogens with one attached hydrogen (secondary N) is 1. The number of hydrogen-bond donors (Lipinski definition) is 1. The molecular formula is C15H26N2O4S2. The van der Waals surface area contributed by atoms with Crippen LogP contribution in [0.3, 0.4) is 0 Å². The fourth-order valence-corrected chi connectivity index (χ4v) is 4.04. The fraction of sp³-hybridized carbons (Fsp3) is 0.600.